The summed E-state index contributed by atoms with van der Waals surface area (Å²) in [6, 6.07) is -3.71. The van der Waals surface area contributed by atoms with Gasteiger partial charge in [0, 0.05) is 18.9 Å². The van der Waals surface area contributed by atoms with E-state index in [1.165, 1.54) is 13.8 Å². The molecular weight excluding hydrogens is 666 g/mol. The fraction of sp³-hybridized carbons (Fsp3) is 0.838. The summed E-state index contributed by atoms with van der Waals surface area (Å²) in [5.41, 5.74) is 0. The van der Waals surface area contributed by atoms with Crippen LogP contribution in [0.4, 0.5) is 0 Å². The number of carbonyl (C=O) groups excluding carboxylic acids is 6. The van der Waals surface area contributed by atoms with Crippen molar-refractivity contribution >= 4 is 35.2 Å². The first-order valence-corrected chi connectivity index (χ1v) is 19.4. The number of likely N-dealkylation sites (N-methyl/N-ethyl adjacent to an activating group) is 1. The number of Topliss-reactive ketones (excluding diaryl/α,β-unsaturated/α-hetero) is 2. The Hall–Kier alpha value is -2.98. The molecule has 0 aromatic carbocycles. The molecule has 52 heavy (non-hydrogen) atoms. The summed E-state index contributed by atoms with van der Waals surface area (Å²) in [5.74, 6) is -1.79. The van der Waals surface area contributed by atoms with Gasteiger partial charge in [0.05, 0.1) is 6.04 Å². The average molecular weight is 740 g/mol. The van der Waals surface area contributed by atoms with Crippen LogP contribution in [0.15, 0.2) is 0 Å². The number of ketones is 2. The average Bonchev–Trinajstić information content (AvgIpc) is 3.10. The van der Waals surface area contributed by atoms with Gasteiger partial charge in [-0.05, 0) is 152 Å². The molecule has 5 atom stereocenters. The zero-order valence-corrected chi connectivity index (χ0v) is 33.3. The normalized spacial score (nSPS) is 14.1. The minimum absolute atomic E-state index is 0.0425. The Labute approximate surface area is 313 Å². The van der Waals surface area contributed by atoms with Crippen molar-refractivity contribution < 1.29 is 28.8 Å². The molecule has 0 fully saturated rings. The smallest absolute Gasteiger partial charge is 0.243 e. The molecule has 0 bridgehead atoms. The molecule has 0 heterocycles. The van der Waals surface area contributed by atoms with E-state index in [4.69, 9.17) is 0 Å². The molecule has 0 saturated carbocycles. The van der Waals surface area contributed by atoms with Crippen molar-refractivity contribution in [3.05, 3.63) is 0 Å². The van der Waals surface area contributed by atoms with Crippen LogP contribution in [-0.4, -0.2) is 127 Å². The minimum Gasteiger partial charge on any atom is -0.351 e. The third kappa shape index (κ3) is 24.3. The highest BCUT2D eigenvalue weighted by molar-refractivity contribution is 5.95. The van der Waals surface area contributed by atoms with E-state index in [9.17, 15) is 28.8 Å². The van der Waals surface area contributed by atoms with E-state index >= 15 is 0 Å². The highest BCUT2D eigenvalue weighted by Gasteiger charge is 2.31. The maximum absolute atomic E-state index is 14.0. The Morgan fingerprint density at radius 3 is 1.04 bits per heavy atom. The molecule has 15 nitrogen and oxygen atoms in total. The molecule has 0 rings (SSSR count). The van der Waals surface area contributed by atoms with Crippen molar-refractivity contribution in [2.75, 3.05) is 61.4 Å². The first kappa shape index (κ1) is 49.0. The highest BCUT2D eigenvalue weighted by atomic mass is 16.2. The second kappa shape index (κ2) is 31.5. The summed E-state index contributed by atoms with van der Waals surface area (Å²) in [7, 11) is 9.17. The highest BCUT2D eigenvalue weighted by Crippen LogP contribution is 2.11. The molecular formula is C37H73N9O6. The Kier molecular flexibility index (Phi) is 29.7. The molecule has 0 saturated heterocycles. The molecule has 4 amide bonds. The lowest BCUT2D eigenvalue weighted by Crippen LogP contribution is -2.58. The van der Waals surface area contributed by atoms with Crippen molar-refractivity contribution in [1.82, 2.24) is 47.9 Å². The van der Waals surface area contributed by atoms with Gasteiger partial charge in [0.1, 0.15) is 29.7 Å². The summed E-state index contributed by atoms with van der Waals surface area (Å²) in [6.45, 7) is 6.00. The first-order valence-electron chi connectivity index (χ1n) is 19.4. The van der Waals surface area contributed by atoms with Crippen LogP contribution in [0, 0.1) is 0 Å². The number of unbranched alkanes of at least 4 members (excludes halogenated alkanes) is 4. The lowest BCUT2D eigenvalue weighted by molar-refractivity contribution is -0.134. The predicted molar refractivity (Wildman–Crippen MR) is 207 cm³/mol. The zero-order valence-electron chi connectivity index (χ0n) is 33.3. The number of hydrogen-bond donors (Lipinski definition) is 9. The fourth-order valence-electron chi connectivity index (χ4n) is 5.88. The van der Waals surface area contributed by atoms with Crippen LogP contribution in [0.25, 0.3) is 0 Å². The van der Waals surface area contributed by atoms with Gasteiger partial charge >= 0.3 is 0 Å². The topological polar surface area (TPSA) is 211 Å². The van der Waals surface area contributed by atoms with Gasteiger partial charge in [0.25, 0.3) is 0 Å². The molecule has 302 valence electrons. The Balaban J connectivity index is 6.15. The summed E-state index contributed by atoms with van der Waals surface area (Å²) in [6.07, 6.45) is 8.41. The third-order valence-electron chi connectivity index (χ3n) is 8.97. The maximum atomic E-state index is 14.0. The van der Waals surface area contributed by atoms with E-state index in [1.807, 2.05) is 28.2 Å². The minimum atomic E-state index is -0.943. The maximum Gasteiger partial charge on any atom is 0.243 e. The van der Waals surface area contributed by atoms with Crippen molar-refractivity contribution in [1.29, 1.82) is 0 Å². The monoisotopic (exact) mass is 740 g/mol. The van der Waals surface area contributed by atoms with E-state index < -0.39 is 47.9 Å². The van der Waals surface area contributed by atoms with Gasteiger partial charge in [-0.3, -0.25) is 24.0 Å². The van der Waals surface area contributed by atoms with Crippen LogP contribution >= 0.6 is 0 Å². The molecule has 0 aliphatic heterocycles. The molecule has 9 N–H and O–H groups in total. The molecule has 5 unspecified atom stereocenters. The first-order chi connectivity index (χ1) is 24.9. The van der Waals surface area contributed by atoms with E-state index in [0.29, 0.717) is 51.4 Å². The van der Waals surface area contributed by atoms with Gasteiger partial charge in [-0.15, -0.1) is 0 Å². The summed E-state index contributed by atoms with van der Waals surface area (Å²) < 4.78 is 0. The summed E-state index contributed by atoms with van der Waals surface area (Å²) in [5, 5.41) is 27.1. The van der Waals surface area contributed by atoms with Gasteiger partial charge in [-0.2, -0.15) is 0 Å². The number of amides is 4. The van der Waals surface area contributed by atoms with Gasteiger partial charge in [0.2, 0.25) is 23.6 Å². The van der Waals surface area contributed by atoms with Gasteiger partial charge in [0.15, 0.2) is 0 Å². The van der Waals surface area contributed by atoms with Crippen molar-refractivity contribution in [3.8, 4) is 0 Å². The Bertz CT molecular complexity index is 1030. The fourth-order valence-corrected chi connectivity index (χ4v) is 5.88. The zero-order chi connectivity index (χ0) is 39.1. The van der Waals surface area contributed by atoms with E-state index in [-0.39, 0.29) is 30.3 Å². The van der Waals surface area contributed by atoms with Crippen LogP contribution in [0.2, 0.25) is 0 Å². The van der Waals surface area contributed by atoms with E-state index in [2.05, 4.69) is 47.9 Å². The molecule has 0 aliphatic rings. The summed E-state index contributed by atoms with van der Waals surface area (Å²) >= 11 is 0. The second-order valence-electron chi connectivity index (χ2n) is 13.8. The molecule has 0 radical (unpaired) electrons. The quantitative estimate of drug-likeness (QED) is 0.0413. The van der Waals surface area contributed by atoms with Crippen LogP contribution in [-0.2, 0) is 28.8 Å². The van der Waals surface area contributed by atoms with Gasteiger partial charge in [-0.1, -0.05) is 6.42 Å². The predicted octanol–water partition coefficient (Wildman–Crippen LogP) is 0.421. The van der Waals surface area contributed by atoms with E-state index in [1.54, 1.807) is 7.05 Å². The van der Waals surface area contributed by atoms with Crippen molar-refractivity contribution in [2.24, 2.45) is 0 Å². The molecule has 0 aromatic heterocycles. The van der Waals surface area contributed by atoms with Gasteiger partial charge < -0.3 is 52.6 Å². The largest absolute Gasteiger partial charge is 0.351 e. The molecule has 15 heteroatoms. The van der Waals surface area contributed by atoms with Crippen LogP contribution < -0.4 is 47.9 Å². The van der Waals surface area contributed by atoms with Crippen molar-refractivity contribution in [3.63, 3.8) is 0 Å². The molecule has 0 aliphatic carbocycles. The summed E-state index contributed by atoms with van der Waals surface area (Å²) in [4.78, 5) is 78.5. The standard InChI is InChI=1S/C37H73N9O6/c1-27(47)20-21-29(26-28(2)48)43-35(50)31(17-9-13-23-39-4)45-37(52)33(19-11-15-25-41-6)46-36(51)32(18-10-14-24-40-5)44-34(49)30(42-7)16-8-12-22-38-3/h29-33,38-42H,8-26H2,1-7H3,(H,43,50)(H,44,49)(H,45,52)(H,46,51). The van der Waals surface area contributed by atoms with Crippen LogP contribution in [0.3, 0.4) is 0 Å². The number of hydrogen-bond acceptors (Lipinski definition) is 11. The van der Waals surface area contributed by atoms with Crippen LogP contribution in [0.1, 0.15) is 110 Å². The van der Waals surface area contributed by atoms with Crippen LogP contribution in [0.5, 0.6) is 0 Å². The number of rotatable bonds is 34. The lowest BCUT2D eigenvalue weighted by Gasteiger charge is -2.27. The molecule has 0 aromatic rings. The second-order valence-corrected chi connectivity index (χ2v) is 13.8. The third-order valence-corrected chi connectivity index (χ3v) is 8.97. The number of carbonyl (C=O) groups is 6. The lowest BCUT2D eigenvalue weighted by atomic mass is 10.0. The van der Waals surface area contributed by atoms with Gasteiger partial charge in [-0.25, -0.2) is 0 Å². The number of nitrogens with one attached hydrogen (secondary N) is 9. The Morgan fingerprint density at radius 1 is 0.404 bits per heavy atom. The Morgan fingerprint density at radius 2 is 0.731 bits per heavy atom. The SMILES string of the molecule is CNCCCCC(NC)C(=O)NC(CCCCNC)C(=O)NC(CCCCNC)C(=O)NC(CCCCNC)C(=O)NC(CCC(C)=O)CC(C)=O. The molecule has 0 spiro atoms. The van der Waals surface area contributed by atoms with Crippen molar-refractivity contribution in [2.45, 2.75) is 140 Å². The van der Waals surface area contributed by atoms with E-state index in [0.717, 1.165) is 58.3 Å².